The number of carboxylic acid groups (broad SMARTS) is 1. The van der Waals surface area contributed by atoms with Crippen LogP contribution in [0.2, 0.25) is 0 Å². The fraction of sp³-hybridized carbons (Fsp3) is 0.467. The molecule has 0 aromatic heterocycles. The van der Waals surface area contributed by atoms with Crippen LogP contribution in [-0.2, 0) is 9.59 Å². The van der Waals surface area contributed by atoms with E-state index in [0.717, 1.165) is 12.8 Å². The van der Waals surface area contributed by atoms with E-state index in [1.165, 1.54) is 23.9 Å². The number of carboxylic acids is 1. The van der Waals surface area contributed by atoms with Gasteiger partial charge in [-0.25, -0.2) is 4.79 Å². The van der Waals surface area contributed by atoms with Gasteiger partial charge < -0.3 is 10.4 Å². The Morgan fingerprint density at radius 1 is 1.30 bits per heavy atom. The number of non-ortho nitro benzene ring substituents is 1. The van der Waals surface area contributed by atoms with Crippen molar-refractivity contribution in [2.45, 2.75) is 48.3 Å². The van der Waals surface area contributed by atoms with E-state index >= 15 is 0 Å². The largest absolute Gasteiger partial charge is 0.480 e. The summed E-state index contributed by atoms with van der Waals surface area (Å²) in [6.07, 6.45) is 2.47. The number of amides is 1. The number of hydrogen-bond acceptors (Lipinski definition) is 5. The number of nitrogens with one attached hydrogen (secondary N) is 1. The Morgan fingerprint density at radius 3 is 2.35 bits per heavy atom. The van der Waals surface area contributed by atoms with Gasteiger partial charge in [0.2, 0.25) is 5.91 Å². The number of nitrogens with zero attached hydrogens (tertiary/aromatic N) is 1. The van der Waals surface area contributed by atoms with E-state index in [9.17, 15) is 24.8 Å². The molecule has 124 valence electrons. The Kier molecular flexibility index (Phi) is 5.25. The average Bonchev–Trinajstić information content (AvgIpc) is 2.97. The minimum atomic E-state index is -1.15. The van der Waals surface area contributed by atoms with E-state index in [4.69, 9.17) is 0 Å². The summed E-state index contributed by atoms with van der Waals surface area (Å²) < 4.78 is 0. The fourth-order valence-corrected chi connectivity index (χ4v) is 3.48. The number of rotatable bonds is 6. The molecule has 23 heavy (non-hydrogen) atoms. The molecule has 1 aliphatic carbocycles. The molecule has 1 fully saturated rings. The van der Waals surface area contributed by atoms with Crippen LogP contribution < -0.4 is 5.32 Å². The first-order valence-electron chi connectivity index (χ1n) is 7.30. The van der Waals surface area contributed by atoms with Crippen molar-refractivity contribution in [1.82, 2.24) is 5.32 Å². The van der Waals surface area contributed by atoms with Crippen molar-refractivity contribution in [3.63, 3.8) is 0 Å². The minimum Gasteiger partial charge on any atom is -0.480 e. The van der Waals surface area contributed by atoms with Crippen LogP contribution in [0.1, 0.15) is 32.6 Å². The predicted molar refractivity (Wildman–Crippen MR) is 85.4 cm³/mol. The summed E-state index contributed by atoms with van der Waals surface area (Å²) in [5, 5.41) is 22.2. The number of carbonyl (C=O) groups excluding carboxylic acids is 1. The Labute approximate surface area is 137 Å². The second-order valence-electron chi connectivity index (χ2n) is 5.59. The van der Waals surface area contributed by atoms with Gasteiger partial charge in [-0.15, -0.1) is 11.8 Å². The Balaban J connectivity index is 1.99. The maximum absolute atomic E-state index is 12.3. The molecule has 0 heterocycles. The number of hydrogen-bond donors (Lipinski definition) is 2. The molecule has 8 heteroatoms. The van der Waals surface area contributed by atoms with E-state index in [0.29, 0.717) is 17.7 Å². The molecule has 0 radical (unpaired) electrons. The van der Waals surface area contributed by atoms with Gasteiger partial charge in [0.1, 0.15) is 5.54 Å². The van der Waals surface area contributed by atoms with Gasteiger partial charge in [-0.3, -0.25) is 14.9 Å². The van der Waals surface area contributed by atoms with E-state index in [-0.39, 0.29) is 11.6 Å². The first-order valence-corrected chi connectivity index (χ1v) is 8.18. The van der Waals surface area contributed by atoms with Crippen LogP contribution in [0.15, 0.2) is 29.2 Å². The zero-order valence-electron chi connectivity index (χ0n) is 12.7. The SMILES string of the molecule is CC(Sc1ccc([N+](=O)[O-])cc1)C(=O)NC1(C(=O)O)CCCC1. The smallest absolute Gasteiger partial charge is 0.329 e. The van der Waals surface area contributed by atoms with Crippen LogP contribution >= 0.6 is 11.8 Å². The molecule has 0 aliphatic heterocycles. The molecule has 0 bridgehead atoms. The topological polar surface area (TPSA) is 110 Å². The van der Waals surface area contributed by atoms with Gasteiger partial charge in [-0.05, 0) is 31.9 Å². The molecule has 1 unspecified atom stereocenters. The van der Waals surface area contributed by atoms with E-state index in [1.807, 2.05) is 0 Å². The maximum Gasteiger partial charge on any atom is 0.329 e. The lowest BCUT2D eigenvalue weighted by Gasteiger charge is -2.26. The number of thioether (sulfide) groups is 1. The third-order valence-electron chi connectivity index (χ3n) is 3.96. The predicted octanol–water partition coefficient (Wildman–Crippen LogP) is 2.59. The van der Waals surface area contributed by atoms with Gasteiger partial charge in [0.25, 0.3) is 5.69 Å². The van der Waals surface area contributed by atoms with Gasteiger partial charge in [0.15, 0.2) is 0 Å². The van der Waals surface area contributed by atoms with Gasteiger partial charge in [-0.2, -0.15) is 0 Å². The van der Waals surface area contributed by atoms with Gasteiger partial charge >= 0.3 is 5.97 Å². The summed E-state index contributed by atoms with van der Waals surface area (Å²) in [7, 11) is 0. The summed E-state index contributed by atoms with van der Waals surface area (Å²) in [5.41, 5.74) is -1.16. The van der Waals surface area contributed by atoms with E-state index in [2.05, 4.69) is 5.32 Å². The van der Waals surface area contributed by atoms with Gasteiger partial charge in [0.05, 0.1) is 10.2 Å². The number of nitro groups is 1. The number of nitro benzene ring substituents is 1. The Morgan fingerprint density at radius 2 is 1.87 bits per heavy atom. The molecule has 1 atom stereocenters. The molecule has 2 rings (SSSR count). The summed E-state index contributed by atoms with van der Waals surface area (Å²) in [6, 6.07) is 5.91. The minimum absolute atomic E-state index is 0.0118. The normalized spacial score (nSPS) is 17.4. The van der Waals surface area contributed by atoms with Crippen LogP contribution in [0, 0.1) is 10.1 Å². The molecule has 1 aromatic rings. The van der Waals surface area contributed by atoms with Crippen molar-refractivity contribution in [3.8, 4) is 0 Å². The standard InChI is InChI=1S/C15H18N2O5S/c1-10(23-12-6-4-11(5-7-12)17(21)22)13(18)16-15(14(19)20)8-2-3-9-15/h4-7,10H,2-3,8-9H2,1H3,(H,16,18)(H,19,20). The molecule has 1 saturated carbocycles. The molecule has 7 nitrogen and oxygen atoms in total. The summed E-state index contributed by atoms with van der Waals surface area (Å²) in [4.78, 5) is 34.6. The van der Waals surface area contributed by atoms with Crippen molar-refractivity contribution < 1.29 is 19.6 Å². The molecule has 1 aliphatic rings. The quantitative estimate of drug-likeness (QED) is 0.469. The molecule has 1 aromatic carbocycles. The highest BCUT2D eigenvalue weighted by atomic mass is 32.2. The second-order valence-corrected chi connectivity index (χ2v) is 7.01. The molecule has 1 amide bonds. The van der Waals surface area contributed by atoms with E-state index in [1.54, 1.807) is 19.1 Å². The highest BCUT2D eigenvalue weighted by Crippen LogP contribution is 2.31. The lowest BCUT2D eigenvalue weighted by molar-refractivity contribution is -0.384. The van der Waals surface area contributed by atoms with E-state index < -0.39 is 21.7 Å². The number of benzene rings is 1. The molecular weight excluding hydrogens is 320 g/mol. The third kappa shape index (κ3) is 4.01. The van der Waals surface area contributed by atoms with Gasteiger partial charge in [-0.1, -0.05) is 12.8 Å². The van der Waals surface area contributed by atoms with Crippen LogP contribution in [0.4, 0.5) is 5.69 Å². The molecule has 2 N–H and O–H groups in total. The molecular formula is C15H18N2O5S. The first kappa shape index (κ1) is 17.3. The summed E-state index contributed by atoms with van der Waals surface area (Å²) >= 11 is 1.24. The highest BCUT2D eigenvalue weighted by molar-refractivity contribution is 8.00. The lowest BCUT2D eigenvalue weighted by atomic mass is 9.97. The lowest BCUT2D eigenvalue weighted by Crippen LogP contribution is -2.54. The molecule has 0 saturated heterocycles. The summed E-state index contributed by atoms with van der Waals surface area (Å²) in [5.74, 6) is -1.33. The zero-order valence-corrected chi connectivity index (χ0v) is 13.5. The van der Waals surface area contributed by atoms with Gasteiger partial charge in [0, 0.05) is 17.0 Å². The highest BCUT2D eigenvalue weighted by Gasteiger charge is 2.43. The van der Waals surface area contributed by atoms with Crippen LogP contribution in [0.5, 0.6) is 0 Å². The zero-order chi connectivity index (χ0) is 17.0. The first-order chi connectivity index (χ1) is 10.8. The van der Waals surface area contributed by atoms with Crippen molar-refractivity contribution in [1.29, 1.82) is 0 Å². The fourth-order valence-electron chi connectivity index (χ4n) is 2.61. The van der Waals surface area contributed by atoms with Crippen LogP contribution in [0.25, 0.3) is 0 Å². The molecule has 0 spiro atoms. The van der Waals surface area contributed by atoms with Crippen molar-refractivity contribution in [3.05, 3.63) is 34.4 Å². The Bertz CT molecular complexity index is 611. The third-order valence-corrected chi connectivity index (χ3v) is 5.07. The number of carbonyl (C=O) groups is 2. The van der Waals surface area contributed by atoms with Crippen molar-refractivity contribution >= 4 is 29.3 Å². The van der Waals surface area contributed by atoms with Crippen molar-refractivity contribution in [2.24, 2.45) is 0 Å². The number of aliphatic carboxylic acids is 1. The van der Waals surface area contributed by atoms with Crippen LogP contribution in [0.3, 0.4) is 0 Å². The van der Waals surface area contributed by atoms with Crippen LogP contribution in [-0.4, -0.2) is 32.7 Å². The Hall–Kier alpha value is -2.09. The summed E-state index contributed by atoms with van der Waals surface area (Å²) in [6.45, 7) is 1.69. The monoisotopic (exact) mass is 338 g/mol. The van der Waals surface area contributed by atoms with Crippen molar-refractivity contribution in [2.75, 3.05) is 0 Å². The maximum atomic E-state index is 12.3. The second kappa shape index (κ2) is 6.99. The average molecular weight is 338 g/mol.